The number of hydrogen-bond donors (Lipinski definition) is 1. The quantitative estimate of drug-likeness (QED) is 0.903. The van der Waals surface area contributed by atoms with Crippen molar-refractivity contribution in [3.8, 4) is 0 Å². The Hall–Kier alpha value is -0.680. The second-order valence-corrected chi connectivity index (χ2v) is 8.83. The predicted molar refractivity (Wildman–Crippen MR) is 87.4 cm³/mol. The zero-order valence-electron chi connectivity index (χ0n) is 12.2. The topological polar surface area (TPSA) is 46.2 Å². The number of nitrogens with one attached hydrogen (secondary N) is 1. The Balaban J connectivity index is 2.14. The van der Waals surface area contributed by atoms with E-state index < -0.39 is 9.84 Å². The molecule has 0 amide bonds. The minimum Gasteiger partial charge on any atom is -0.383 e. The number of thioether (sulfide) groups is 1. The maximum Gasteiger partial charge on any atom is 0.177 e. The lowest BCUT2D eigenvalue weighted by atomic mass is 9.88. The zero-order valence-corrected chi connectivity index (χ0v) is 13.8. The van der Waals surface area contributed by atoms with Crippen LogP contribution >= 0.6 is 11.8 Å². The highest BCUT2D eigenvalue weighted by molar-refractivity contribution is 8.00. The molecule has 0 heterocycles. The van der Waals surface area contributed by atoms with Crippen LogP contribution in [-0.4, -0.2) is 32.2 Å². The van der Waals surface area contributed by atoms with Crippen molar-refractivity contribution in [1.82, 2.24) is 0 Å². The van der Waals surface area contributed by atoms with Gasteiger partial charge >= 0.3 is 0 Å². The summed E-state index contributed by atoms with van der Waals surface area (Å²) in [5.41, 5.74) is 0.731. The van der Waals surface area contributed by atoms with Crippen molar-refractivity contribution in [3.05, 3.63) is 24.3 Å². The lowest BCUT2D eigenvalue weighted by Gasteiger charge is -2.36. The van der Waals surface area contributed by atoms with Crippen LogP contribution in [0.2, 0.25) is 0 Å². The van der Waals surface area contributed by atoms with Gasteiger partial charge in [-0.3, -0.25) is 0 Å². The minimum atomic E-state index is -3.18. The van der Waals surface area contributed by atoms with Crippen molar-refractivity contribution in [2.75, 3.05) is 24.4 Å². The Morgan fingerprint density at radius 3 is 2.45 bits per heavy atom. The van der Waals surface area contributed by atoms with E-state index in [2.05, 4.69) is 11.6 Å². The van der Waals surface area contributed by atoms with Crippen LogP contribution in [-0.2, 0) is 9.84 Å². The number of benzene rings is 1. The lowest BCUT2D eigenvalue weighted by molar-refractivity contribution is 0.411. The zero-order chi connectivity index (χ0) is 14.6. The maximum absolute atomic E-state index is 11.8. The highest BCUT2D eigenvalue weighted by Crippen LogP contribution is 2.39. The van der Waals surface area contributed by atoms with Gasteiger partial charge in [0.05, 0.1) is 10.6 Å². The molecule has 1 aromatic carbocycles. The second kappa shape index (κ2) is 6.39. The summed E-state index contributed by atoms with van der Waals surface area (Å²) in [6, 6.07) is 7.17. The third-order valence-corrected chi connectivity index (χ3v) is 6.66. The van der Waals surface area contributed by atoms with Gasteiger partial charge in [0, 0.05) is 17.5 Å². The second-order valence-electron chi connectivity index (χ2n) is 5.57. The first-order chi connectivity index (χ1) is 9.47. The molecule has 5 heteroatoms. The van der Waals surface area contributed by atoms with Crippen LogP contribution in [0.1, 0.15) is 32.1 Å². The monoisotopic (exact) mass is 313 g/mol. The van der Waals surface area contributed by atoms with Crippen molar-refractivity contribution in [3.63, 3.8) is 0 Å². The van der Waals surface area contributed by atoms with Crippen LogP contribution in [0.15, 0.2) is 29.2 Å². The SMILES string of the molecule is CSC1(CNc2ccccc2S(C)(=O)=O)CCCCC1. The molecular weight excluding hydrogens is 290 g/mol. The molecule has 3 nitrogen and oxygen atoms in total. The number of sulfone groups is 1. The van der Waals surface area contributed by atoms with Crippen molar-refractivity contribution in [2.45, 2.75) is 41.7 Å². The highest BCUT2D eigenvalue weighted by atomic mass is 32.2. The molecule has 1 saturated carbocycles. The fourth-order valence-corrected chi connectivity index (χ4v) is 4.62. The van der Waals surface area contributed by atoms with Gasteiger partial charge in [-0.25, -0.2) is 8.42 Å². The van der Waals surface area contributed by atoms with Gasteiger partial charge in [-0.15, -0.1) is 0 Å². The summed E-state index contributed by atoms with van der Waals surface area (Å²) >= 11 is 1.91. The molecule has 1 aromatic rings. The van der Waals surface area contributed by atoms with Crippen LogP contribution in [0, 0.1) is 0 Å². The molecule has 1 aliphatic rings. The summed E-state index contributed by atoms with van der Waals surface area (Å²) in [5, 5.41) is 3.38. The predicted octanol–water partition coefficient (Wildman–Crippen LogP) is 3.57. The number of rotatable bonds is 5. The van der Waals surface area contributed by atoms with Crippen molar-refractivity contribution < 1.29 is 8.42 Å². The van der Waals surface area contributed by atoms with E-state index in [0.29, 0.717) is 4.90 Å². The van der Waals surface area contributed by atoms with Gasteiger partial charge in [0.1, 0.15) is 0 Å². The van der Waals surface area contributed by atoms with Crippen LogP contribution in [0.3, 0.4) is 0 Å². The Bertz CT molecular complexity index is 549. The van der Waals surface area contributed by atoms with E-state index in [-0.39, 0.29) is 4.75 Å². The molecule has 1 N–H and O–H groups in total. The summed E-state index contributed by atoms with van der Waals surface area (Å²) in [7, 11) is -3.18. The Morgan fingerprint density at radius 2 is 1.85 bits per heavy atom. The number of para-hydroxylation sites is 1. The molecule has 2 rings (SSSR count). The van der Waals surface area contributed by atoms with Gasteiger partial charge in [0.15, 0.2) is 9.84 Å². The van der Waals surface area contributed by atoms with Crippen molar-refractivity contribution in [1.29, 1.82) is 0 Å². The Morgan fingerprint density at radius 1 is 1.20 bits per heavy atom. The van der Waals surface area contributed by atoms with Crippen LogP contribution < -0.4 is 5.32 Å². The van der Waals surface area contributed by atoms with Crippen molar-refractivity contribution in [2.24, 2.45) is 0 Å². The van der Waals surface area contributed by atoms with E-state index in [1.165, 1.54) is 38.4 Å². The third kappa shape index (κ3) is 3.70. The van der Waals surface area contributed by atoms with Gasteiger partial charge in [-0.2, -0.15) is 11.8 Å². The summed E-state index contributed by atoms with van der Waals surface area (Å²) < 4.78 is 23.9. The van der Waals surface area contributed by atoms with Gasteiger partial charge in [-0.05, 0) is 31.2 Å². The summed E-state index contributed by atoms with van der Waals surface area (Å²) in [6.07, 6.45) is 9.72. The molecule has 20 heavy (non-hydrogen) atoms. The minimum absolute atomic E-state index is 0.253. The molecule has 1 fully saturated rings. The molecule has 1 aliphatic carbocycles. The molecular formula is C15H23NO2S2. The number of hydrogen-bond acceptors (Lipinski definition) is 4. The smallest absolute Gasteiger partial charge is 0.177 e. The molecule has 0 unspecified atom stereocenters. The molecule has 0 saturated heterocycles. The van der Waals surface area contributed by atoms with E-state index in [0.717, 1.165) is 12.2 Å². The van der Waals surface area contributed by atoms with Gasteiger partial charge < -0.3 is 5.32 Å². The normalized spacial score (nSPS) is 18.7. The molecule has 0 radical (unpaired) electrons. The van der Waals surface area contributed by atoms with Crippen molar-refractivity contribution >= 4 is 27.3 Å². The van der Waals surface area contributed by atoms with E-state index in [1.807, 2.05) is 23.9 Å². The first-order valence-corrected chi connectivity index (χ1v) is 10.2. The van der Waals surface area contributed by atoms with Crippen LogP contribution in [0.4, 0.5) is 5.69 Å². The summed E-state index contributed by atoms with van der Waals surface area (Å²) in [4.78, 5) is 0.395. The fraction of sp³-hybridized carbons (Fsp3) is 0.600. The molecule has 0 aromatic heterocycles. The van der Waals surface area contributed by atoms with E-state index in [9.17, 15) is 8.42 Å². The third-order valence-electron chi connectivity index (χ3n) is 4.09. The average Bonchev–Trinajstić information content (AvgIpc) is 2.45. The standard InChI is InChI=1S/C15H23NO2S2/c1-19-15(10-6-3-7-11-15)12-16-13-8-4-5-9-14(13)20(2,17)18/h4-5,8-9,16H,3,6-7,10-12H2,1-2H3. The number of anilines is 1. The lowest BCUT2D eigenvalue weighted by Crippen LogP contribution is -2.35. The van der Waals surface area contributed by atoms with E-state index in [4.69, 9.17) is 0 Å². The summed E-state index contributed by atoms with van der Waals surface area (Å²) in [5.74, 6) is 0. The van der Waals surface area contributed by atoms with Gasteiger partial charge in [0.2, 0.25) is 0 Å². The van der Waals surface area contributed by atoms with Crippen LogP contribution in [0.25, 0.3) is 0 Å². The first-order valence-electron chi connectivity index (χ1n) is 7.05. The molecule has 0 spiro atoms. The van der Waals surface area contributed by atoms with Crippen LogP contribution in [0.5, 0.6) is 0 Å². The van der Waals surface area contributed by atoms with Gasteiger partial charge in [0.25, 0.3) is 0 Å². The fourth-order valence-electron chi connectivity index (χ4n) is 2.84. The summed E-state index contributed by atoms with van der Waals surface area (Å²) in [6.45, 7) is 0.834. The van der Waals surface area contributed by atoms with Gasteiger partial charge in [-0.1, -0.05) is 31.4 Å². The highest BCUT2D eigenvalue weighted by Gasteiger charge is 2.31. The molecule has 0 atom stereocenters. The molecule has 0 aliphatic heterocycles. The van der Waals surface area contributed by atoms with E-state index in [1.54, 1.807) is 12.1 Å². The first kappa shape index (κ1) is 15.7. The van der Waals surface area contributed by atoms with E-state index >= 15 is 0 Å². The largest absolute Gasteiger partial charge is 0.383 e. The Labute approximate surface area is 126 Å². The maximum atomic E-state index is 11.8. The Kier molecular flexibility index (Phi) is 5.02. The average molecular weight is 313 g/mol. The molecule has 0 bridgehead atoms. The molecule has 112 valence electrons.